The van der Waals surface area contributed by atoms with Crippen LogP contribution < -0.4 is 5.73 Å². The lowest BCUT2D eigenvalue weighted by Crippen LogP contribution is -2.10. The van der Waals surface area contributed by atoms with E-state index in [1.165, 1.54) is 16.0 Å². The lowest BCUT2D eigenvalue weighted by atomic mass is 9.86. The Kier molecular flexibility index (Phi) is 3.20. The summed E-state index contributed by atoms with van der Waals surface area (Å²) in [5, 5.41) is 0.645. The summed E-state index contributed by atoms with van der Waals surface area (Å²) >= 11 is 1.56. The minimum absolute atomic E-state index is 0.216. The van der Waals surface area contributed by atoms with E-state index in [0.717, 1.165) is 6.42 Å². The van der Waals surface area contributed by atoms with Crippen LogP contribution in [0.1, 0.15) is 36.8 Å². The van der Waals surface area contributed by atoms with Crippen molar-refractivity contribution in [1.82, 2.24) is 4.98 Å². The van der Waals surface area contributed by atoms with E-state index in [1.54, 1.807) is 11.3 Å². The number of anilines is 1. The van der Waals surface area contributed by atoms with Gasteiger partial charge in [-0.1, -0.05) is 45.0 Å². The van der Waals surface area contributed by atoms with Gasteiger partial charge in [0.05, 0.1) is 0 Å². The second kappa shape index (κ2) is 4.49. The third kappa shape index (κ3) is 3.07. The molecule has 0 fully saturated rings. The van der Waals surface area contributed by atoms with Crippen LogP contribution in [0, 0.1) is 0 Å². The van der Waals surface area contributed by atoms with Gasteiger partial charge in [0.2, 0.25) is 0 Å². The van der Waals surface area contributed by atoms with Gasteiger partial charge in [-0.3, -0.25) is 0 Å². The Bertz CT molecular complexity index is 492. The summed E-state index contributed by atoms with van der Waals surface area (Å²) in [4.78, 5) is 5.28. The fourth-order valence-corrected chi connectivity index (χ4v) is 2.45. The maximum Gasteiger partial charge on any atom is 0.180 e. The van der Waals surface area contributed by atoms with Crippen molar-refractivity contribution in [2.45, 2.75) is 32.6 Å². The maximum absolute atomic E-state index is 5.62. The summed E-state index contributed by atoms with van der Waals surface area (Å²) in [6, 6.07) is 8.80. The number of nitrogens with zero attached hydrogens (tertiary/aromatic N) is 1. The van der Waals surface area contributed by atoms with E-state index in [-0.39, 0.29) is 5.41 Å². The summed E-state index contributed by atoms with van der Waals surface area (Å²) in [6.45, 7) is 6.68. The summed E-state index contributed by atoms with van der Waals surface area (Å²) in [5.41, 5.74) is 8.51. The molecule has 2 aromatic rings. The molecule has 1 aromatic heterocycles. The van der Waals surface area contributed by atoms with Gasteiger partial charge >= 0.3 is 0 Å². The number of nitrogen functional groups attached to an aromatic ring is 1. The molecule has 90 valence electrons. The first-order valence-electron chi connectivity index (χ1n) is 5.75. The minimum atomic E-state index is 0.216. The molecular weight excluding hydrogens is 228 g/mol. The Morgan fingerprint density at radius 2 is 1.82 bits per heavy atom. The van der Waals surface area contributed by atoms with Crippen molar-refractivity contribution < 1.29 is 0 Å². The second-order valence-electron chi connectivity index (χ2n) is 5.29. The van der Waals surface area contributed by atoms with Crippen molar-refractivity contribution in [3.8, 4) is 0 Å². The average molecular weight is 246 g/mol. The standard InChI is InChI=1S/C14H18N2S/c1-14(2,3)11-6-4-10(5-7-11)8-12-9-16-13(15)17-12/h4-7,9H,8H2,1-3H3,(H2,15,16). The third-order valence-corrected chi connectivity index (χ3v) is 3.60. The van der Waals surface area contributed by atoms with Gasteiger partial charge in [-0.25, -0.2) is 4.98 Å². The van der Waals surface area contributed by atoms with Crippen LogP contribution in [0.15, 0.2) is 30.5 Å². The van der Waals surface area contributed by atoms with Gasteiger partial charge in [0.25, 0.3) is 0 Å². The zero-order valence-corrected chi connectivity index (χ0v) is 11.3. The molecule has 2 N–H and O–H groups in total. The van der Waals surface area contributed by atoms with Gasteiger partial charge in [0.15, 0.2) is 5.13 Å². The molecule has 0 aliphatic carbocycles. The largest absolute Gasteiger partial charge is 0.375 e. The Morgan fingerprint density at radius 3 is 2.29 bits per heavy atom. The van der Waals surface area contributed by atoms with Crippen LogP contribution in [-0.2, 0) is 11.8 Å². The Labute approximate surface area is 107 Å². The summed E-state index contributed by atoms with van der Waals surface area (Å²) < 4.78 is 0. The molecule has 1 heterocycles. The molecule has 3 heteroatoms. The number of thiazole rings is 1. The van der Waals surface area contributed by atoms with E-state index in [4.69, 9.17) is 5.73 Å². The first-order valence-corrected chi connectivity index (χ1v) is 6.56. The molecule has 0 unspecified atom stereocenters. The molecule has 0 saturated carbocycles. The molecule has 1 aromatic carbocycles. The van der Waals surface area contributed by atoms with Crippen LogP contribution in [-0.4, -0.2) is 4.98 Å². The van der Waals surface area contributed by atoms with E-state index in [1.807, 2.05) is 6.20 Å². The van der Waals surface area contributed by atoms with Crippen LogP contribution in [0.25, 0.3) is 0 Å². The Morgan fingerprint density at radius 1 is 1.18 bits per heavy atom. The average Bonchev–Trinajstić information content (AvgIpc) is 2.63. The highest BCUT2D eigenvalue weighted by Crippen LogP contribution is 2.24. The fourth-order valence-electron chi connectivity index (χ4n) is 1.73. The molecule has 0 bridgehead atoms. The highest BCUT2D eigenvalue weighted by molar-refractivity contribution is 7.15. The fraction of sp³-hybridized carbons (Fsp3) is 0.357. The molecular formula is C14H18N2S. The second-order valence-corrected chi connectivity index (χ2v) is 6.44. The summed E-state index contributed by atoms with van der Waals surface area (Å²) in [5.74, 6) is 0. The van der Waals surface area contributed by atoms with Crippen molar-refractivity contribution in [2.24, 2.45) is 0 Å². The molecule has 17 heavy (non-hydrogen) atoms. The number of hydrogen-bond donors (Lipinski definition) is 1. The number of aromatic nitrogens is 1. The van der Waals surface area contributed by atoms with Crippen LogP contribution in [0.5, 0.6) is 0 Å². The highest BCUT2D eigenvalue weighted by atomic mass is 32.1. The number of nitrogens with two attached hydrogens (primary N) is 1. The van der Waals surface area contributed by atoms with Crippen molar-refractivity contribution in [3.05, 3.63) is 46.5 Å². The van der Waals surface area contributed by atoms with Crippen molar-refractivity contribution in [1.29, 1.82) is 0 Å². The van der Waals surface area contributed by atoms with Gasteiger partial charge in [-0.05, 0) is 16.5 Å². The van der Waals surface area contributed by atoms with Gasteiger partial charge < -0.3 is 5.73 Å². The summed E-state index contributed by atoms with van der Waals surface area (Å²) in [6.07, 6.45) is 2.77. The summed E-state index contributed by atoms with van der Waals surface area (Å²) in [7, 11) is 0. The van der Waals surface area contributed by atoms with Gasteiger partial charge in [0.1, 0.15) is 0 Å². The predicted octanol–water partition coefficient (Wildman–Crippen LogP) is 3.61. The van der Waals surface area contributed by atoms with Crippen molar-refractivity contribution >= 4 is 16.5 Å². The van der Waals surface area contributed by atoms with E-state index >= 15 is 0 Å². The zero-order chi connectivity index (χ0) is 12.5. The molecule has 0 spiro atoms. The van der Waals surface area contributed by atoms with E-state index < -0.39 is 0 Å². The van der Waals surface area contributed by atoms with Crippen LogP contribution in [0.2, 0.25) is 0 Å². The van der Waals surface area contributed by atoms with Gasteiger partial charge in [-0.2, -0.15) is 0 Å². The lowest BCUT2D eigenvalue weighted by Gasteiger charge is -2.19. The number of rotatable bonds is 2. The topological polar surface area (TPSA) is 38.9 Å². The maximum atomic E-state index is 5.62. The van der Waals surface area contributed by atoms with Gasteiger partial charge in [0, 0.05) is 17.5 Å². The Balaban J connectivity index is 2.13. The monoisotopic (exact) mass is 246 g/mol. The number of hydrogen-bond acceptors (Lipinski definition) is 3. The zero-order valence-electron chi connectivity index (χ0n) is 10.5. The SMILES string of the molecule is CC(C)(C)c1ccc(Cc2cnc(N)s2)cc1. The van der Waals surface area contributed by atoms with Crippen LogP contribution in [0.3, 0.4) is 0 Å². The van der Waals surface area contributed by atoms with E-state index in [2.05, 4.69) is 50.0 Å². The highest BCUT2D eigenvalue weighted by Gasteiger charge is 2.12. The van der Waals surface area contributed by atoms with E-state index in [0.29, 0.717) is 5.13 Å². The van der Waals surface area contributed by atoms with Crippen molar-refractivity contribution in [3.63, 3.8) is 0 Å². The predicted molar refractivity (Wildman–Crippen MR) is 74.5 cm³/mol. The molecule has 2 nitrogen and oxygen atoms in total. The first-order chi connectivity index (χ1) is 7.95. The molecule has 0 saturated heterocycles. The molecule has 0 aliphatic heterocycles. The molecule has 0 amide bonds. The van der Waals surface area contributed by atoms with Crippen LogP contribution in [0.4, 0.5) is 5.13 Å². The normalized spacial score (nSPS) is 11.7. The minimum Gasteiger partial charge on any atom is -0.375 e. The van der Waals surface area contributed by atoms with Gasteiger partial charge in [-0.15, -0.1) is 11.3 Å². The molecule has 0 aliphatic rings. The first kappa shape index (κ1) is 12.1. The quantitative estimate of drug-likeness (QED) is 0.879. The molecule has 2 rings (SSSR count). The smallest absolute Gasteiger partial charge is 0.180 e. The Hall–Kier alpha value is -1.35. The van der Waals surface area contributed by atoms with E-state index in [9.17, 15) is 0 Å². The van der Waals surface area contributed by atoms with Crippen molar-refractivity contribution in [2.75, 3.05) is 5.73 Å². The third-order valence-electron chi connectivity index (χ3n) is 2.77. The molecule has 0 atom stereocenters. The lowest BCUT2D eigenvalue weighted by molar-refractivity contribution is 0.590. The molecule has 0 radical (unpaired) electrons. The number of benzene rings is 1. The van der Waals surface area contributed by atoms with Crippen LogP contribution >= 0.6 is 11.3 Å².